The Bertz CT molecular complexity index is 1030. The van der Waals surface area contributed by atoms with Gasteiger partial charge in [-0.3, -0.25) is 14.9 Å². The predicted octanol–water partition coefficient (Wildman–Crippen LogP) is 3.86. The molecule has 7 nitrogen and oxygen atoms in total. The van der Waals surface area contributed by atoms with Crippen molar-refractivity contribution in [2.45, 2.75) is 6.92 Å². The summed E-state index contributed by atoms with van der Waals surface area (Å²) in [7, 11) is 0. The van der Waals surface area contributed by atoms with E-state index in [0.29, 0.717) is 34.6 Å². The van der Waals surface area contributed by atoms with E-state index in [1.54, 1.807) is 12.1 Å². The zero-order valence-electron chi connectivity index (χ0n) is 16.6. The molecule has 2 amide bonds. The number of hydrogen-bond donors (Lipinski definition) is 2. The number of nitrogens with zero attached hydrogens (tertiary/aromatic N) is 2. The van der Waals surface area contributed by atoms with Crippen molar-refractivity contribution in [3.63, 3.8) is 0 Å². The molecule has 0 radical (unpaired) electrons. The predicted molar refractivity (Wildman–Crippen MR) is 119 cm³/mol. The third-order valence-corrected chi connectivity index (χ3v) is 5.58. The Morgan fingerprint density at radius 2 is 1.70 bits per heavy atom. The number of anilines is 3. The van der Waals surface area contributed by atoms with Crippen LogP contribution >= 0.6 is 11.3 Å². The molecule has 8 heteroatoms. The van der Waals surface area contributed by atoms with Crippen molar-refractivity contribution in [3.05, 3.63) is 60.2 Å². The molecular formula is C22H22N4O3S. The zero-order valence-corrected chi connectivity index (χ0v) is 17.4. The van der Waals surface area contributed by atoms with E-state index >= 15 is 0 Å². The van der Waals surface area contributed by atoms with Crippen molar-refractivity contribution in [2.75, 3.05) is 41.8 Å². The lowest BCUT2D eigenvalue weighted by molar-refractivity contribution is -0.114. The fourth-order valence-corrected chi connectivity index (χ4v) is 4.15. The SMILES string of the molecule is CC(=O)Nc1sc(NC(=O)c2ccc(N3CCOCC3)cc2)nc1-c1ccccc1. The highest BCUT2D eigenvalue weighted by atomic mass is 32.1. The van der Waals surface area contributed by atoms with Gasteiger partial charge in [0.2, 0.25) is 5.91 Å². The van der Waals surface area contributed by atoms with E-state index in [1.807, 2.05) is 42.5 Å². The summed E-state index contributed by atoms with van der Waals surface area (Å²) < 4.78 is 5.38. The first-order valence-electron chi connectivity index (χ1n) is 9.68. The van der Waals surface area contributed by atoms with Gasteiger partial charge in [-0.2, -0.15) is 0 Å². The number of thiazole rings is 1. The number of aromatic nitrogens is 1. The molecule has 154 valence electrons. The molecular weight excluding hydrogens is 400 g/mol. The van der Waals surface area contributed by atoms with E-state index in [-0.39, 0.29) is 11.8 Å². The molecule has 30 heavy (non-hydrogen) atoms. The average Bonchev–Trinajstić information content (AvgIpc) is 3.16. The second-order valence-corrected chi connectivity index (χ2v) is 7.84. The minimum Gasteiger partial charge on any atom is -0.378 e. The number of nitrogens with one attached hydrogen (secondary N) is 2. The Balaban J connectivity index is 1.51. The monoisotopic (exact) mass is 422 g/mol. The molecule has 1 fully saturated rings. The van der Waals surface area contributed by atoms with Crippen molar-refractivity contribution < 1.29 is 14.3 Å². The summed E-state index contributed by atoms with van der Waals surface area (Å²) in [4.78, 5) is 31.1. The largest absolute Gasteiger partial charge is 0.378 e. The van der Waals surface area contributed by atoms with Crippen LogP contribution in [0, 0.1) is 0 Å². The molecule has 0 aliphatic carbocycles. The lowest BCUT2D eigenvalue weighted by Gasteiger charge is -2.28. The van der Waals surface area contributed by atoms with Gasteiger partial charge in [0.05, 0.1) is 13.2 Å². The summed E-state index contributed by atoms with van der Waals surface area (Å²) in [5.41, 5.74) is 3.12. The minimum atomic E-state index is -0.244. The van der Waals surface area contributed by atoms with Crippen LogP contribution in [0.4, 0.5) is 15.8 Å². The van der Waals surface area contributed by atoms with E-state index in [9.17, 15) is 9.59 Å². The molecule has 0 saturated carbocycles. The summed E-state index contributed by atoms with van der Waals surface area (Å²) in [6, 6.07) is 17.0. The van der Waals surface area contributed by atoms with Crippen LogP contribution in [0.25, 0.3) is 11.3 Å². The molecule has 0 atom stereocenters. The van der Waals surface area contributed by atoms with Crippen LogP contribution < -0.4 is 15.5 Å². The van der Waals surface area contributed by atoms with Gasteiger partial charge in [0.15, 0.2) is 5.13 Å². The molecule has 1 aromatic heterocycles. The standard InChI is InChI=1S/C22H22N4O3S/c1-15(27)23-21-19(16-5-3-2-4-6-16)24-22(30-21)25-20(28)17-7-9-18(10-8-17)26-11-13-29-14-12-26/h2-10H,11-14H2,1H3,(H,23,27)(H,24,25,28). The molecule has 2 N–H and O–H groups in total. The molecule has 2 heterocycles. The third-order valence-electron chi connectivity index (χ3n) is 4.69. The number of morpholine rings is 1. The number of carbonyl (C=O) groups is 2. The number of carbonyl (C=O) groups excluding carboxylic acids is 2. The van der Waals surface area contributed by atoms with Gasteiger partial charge >= 0.3 is 0 Å². The summed E-state index contributed by atoms with van der Waals surface area (Å²) in [5.74, 6) is -0.432. The van der Waals surface area contributed by atoms with Crippen LogP contribution in [0.3, 0.4) is 0 Å². The Kier molecular flexibility index (Phi) is 6.06. The maximum atomic E-state index is 12.7. The molecule has 0 spiro atoms. The van der Waals surface area contributed by atoms with Gasteiger partial charge in [0.25, 0.3) is 5.91 Å². The number of amides is 2. The average molecular weight is 423 g/mol. The van der Waals surface area contributed by atoms with Gasteiger partial charge in [-0.1, -0.05) is 41.7 Å². The summed E-state index contributed by atoms with van der Waals surface area (Å²) in [6.07, 6.45) is 0. The van der Waals surface area contributed by atoms with E-state index < -0.39 is 0 Å². The molecule has 2 aromatic carbocycles. The van der Waals surface area contributed by atoms with Gasteiger partial charge in [-0.15, -0.1) is 0 Å². The maximum absolute atomic E-state index is 12.7. The van der Waals surface area contributed by atoms with E-state index in [4.69, 9.17) is 4.74 Å². The first-order chi connectivity index (χ1) is 14.6. The van der Waals surface area contributed by atoms with Crippen molar-refractivity contribution in [2.24, 2.45) is 0 Å². The van der Waals surface area contributed by atoms with Gasteiger partial charge < -0.3 is 15.0 Å². The number of benzene rings is 2. The molecule has 3 aromatic rings. The highest BCUT2D eigenvalue weighted by molar-refractivity contribution is 7.20. The first kappa shape index (κ1) is 20.1. The Hall–Kier alpha value is -3.23. The molecule has 1 aliphatic rings. The van der Waals surface area contributed by atoms with Crippen LogP contribution in [0.1, 0.15) is 17.3 Å². The normalized spacial score (nSPS) is 13.7. The smallest absolute Gasteiger partial charge is 0.257 e. The van der Waals surface area contributed by atoms with Gasteiger partial charge in [-0.05, 0) is 24.3 Å². The molecule has 4 rings (SSSR count). The first-order valence-corrected chi connectivity index (χ1v) is 10.5. The molecule has 1 aliphatic heterocycles. The number of rotatable bonds is 5. The van der Waals surface area contributed by atoms with Crippen LogP contribution in [0.15, 0.2) is 54.6 Å². The summed E-state index contributed by atoms with van der Waals surface area (Å²) >= 11 is 1.23. The fraction of sp³-hybridized carbons (Fsp3) is 0.227. The Morgan fingerprint density at radius 1 is 1.00 bits per heavy atom. The lowest BCUT2D eigenvalue weighted by atomic mass is 10.1. The van der Waals surface area contributed by atoms with Crippen molar-refractivity contribution in [3.8, 4) is 11.3 Å². The third kappa shape index (κ3) is 4.67. The van der Waals surface area contributed by atoms with Crippen molar-refractivity contribution in [1.82, 2.24) is 4.98 Å². The number of ether oxygens (including phenoxy) is 1. The van der Waals surface area contributed by atoms with Crippen molar-refractivity contribution in [1.29, 1.82) is 0 Å². The minimum absolute atomic E-state index is 0.188. The molecule has 0 unspecified atom stereocenters. The van der Waals surface area contributed by atoms with Crippen LogP contribution in [0.2, 0.25) is 0 Å². The molecule has 1 saturated heterocycles. The number of hydrogen-bond acceptors (Lipinski definition) is 6. The zero-order chi connectivity index (χ0) is 20.9. The van der Waals surface area contributed by atoms with E-state index in [0.717, 1.165) is 24.3 Å². The van der Waals surface area contributed by atoms with Crippen molar-refractivity contribution >= 4 is 39.0 Å². The second kappa shape index (κ2) is 9.06. The molecule has 0 bridgehead atoms. The van der Waals surface area contributed by atoms with E-state index in [1.165, 1.54) is 18.3 Å². The second-order valence-electron chi connectivity index (χ2n) is 6.84. The maximum Gasteiger partial charge on any atom is 0.257 e. The Morgan fingerprint density at radius 3 is 2.37 bits per heavy atom. The van der Waals surface area contributed by atoms with E-state index in [2.05, 4.69) is 20.5 Å². The lowest BCUT2D eigenvalue weighted by Crippen LogP contribution is -2.36. The van der Waals surface area contributed by atoms with Crippen LogP contribution in [-0.4, -0.2) is 43.1 Å². The van der Waals surface area contributed by atoms with Gasteiger partial charge in [-0.25, -0.2) is 4.98 Å². The highest BCUT2D eigenvalue weighted by Gasteiger charge is 2.17. The summed E-state index contributed by atoms with van der Waals surface area (Å²) in [5, 5.41) is 6.68. The van der Waals surface area contributed by atoms with Gasteiger partial charge in [0, 0.05) is 36.8 Å². The van der Waals surface area contributed by atoms with Crippen LogP contribution in [-0.2, 0) is 9.53 Å². The highest BCUT2D eigenvalue weighted by Crippen LogP contribution is 2.36. The van der Waals surface area contributed by atoms with Gasteiger partial charge in [0.1, 0.15) is 10.7 Å². The summed E-state index contributed by atoms with van der Waals surface area (Å²) in [6.45, 7) is 4.57. The topological polar surface area (TPSA) is 83.6 Å². The quantitative estimate of drug-likeness (QED) is 0.652. The fourth-order valence-electron chi connectivity index (χ4n) is 3.22. The Labute approximate surface area is 178 Å². The van der Waals surface area contributed by atoms with Crippen LogP contribution in [0.5, 0.6) is 0 Å².